The Hall–Kier alpha value is -3.53. The normalized spacial score (nSPS) is 13.1. The molecule has 0 aliphatic heterocycles. The van der Waals surface area contributed by atoms with Crippen molar-refractivity contribution in [3.63, 3.8) is 0 Å². The smallest absolute Gasteiger partial charge is 0.448 e. The number of hydrazone groups is 1. The van der Waals surface area contributed by atoms with Crippen LogP contribution in [0.15, 0.2) is 59.7 Å². The molecule has 0 spiro atoms. The van der Waals surface area contributed by atoms with Crippen LogP contribution in [0.3, 0.4) is 0 Å². The van der Waals surface area contributed by atoms with Gasteiger partial charge in [-0.05, 0) is 43.7 Å². The van der Waals surface area contributed by atoms with Gasteiger partial charge in [0.2, 0.25) is 5.78 Å². The molecule has 0 saturated carbocycles. The number of Topliss-reactive ketones (excluding diaryl/α,β-unsaturated/α-hetero) is 1. The maximum Gasteiger partial charge on any atom is 0.448 e. The molecule has 1 unspecified atom stereocenters. The molecule has 0 bridgehead atoms. The van der Waals surface area contributed by atoms with Crippen LogP contribution in [-0.4, -0.2) is 47.9 Å². The van der Waals surface area contributed by atoms with Gasteiger partial charge in [0.15, 0.2) is 0 Å². The fourth-order valence-corrected chi connectivity index (χ4v) is 3.91. The topological polar surface area (TPSA) is 153 Å². The first-order chi connectivity index (χ1) is 16.7. The van der Waals surface area contributed by atoms with Gasteiger partial charge in [0.25, 0.3) is 5.91 Å². The Morgan fingerprint density at radius 1 is 1.00 bits per heavy atom. The summed E-state index contributed by atoms with van der Waals surface area (Å²) in [6, 6.07) is 13.7. The molecular formula is C23H28N3O8P. The van der Waals surface area contributed by atoms with E-state index in [0.717, 1.165) is 0 Å². The number of nitrogens with one attached hydrogen (secondary N) is 2. The zero-order valence-electron chi connectivity index (χ0n) is 19.6. The van der Waals surface area contributed by atoms with Crippen LogP contribution in [0.2, 0.25) is 0 Å². The maximum absolute atomic E-state index is 12.9. The van der Waals surface area contributed by atoms with Crippen LogP contribution in [0, 0.1) is 0 Å². The second kappa shape index (κ2) is 12.8. The number of hydrogen-bond acceptors (Lipinski definition) is 8. The molecule has 188 valence electrons. The molecule has 3 N–H and O–H groups in total. The molecule has 35 heavy (non-hydrogen) atoms. The lowest BCUT2D eigenvalue weighted by Gasteiger charge is -2.29. The number of para-hydroxylation sites is 1. The molecule has 1 atom stereocenters. The van der Waals surface area contributed by atoms with Gasteiger partial charge >= 0.3 is 19.4 Å². The monoisotopic (exact) mass is 505 g/mol. The maximum atomic E-state index is 12.9. The van der Waals surface area contributed by atoms with Crippen LogP contribution in [0.5, 0.6) is 5.75 Å². The number of hydrogen-bond donors (Lipinski definition) is 3. The minimum atomic E-state index is -3.57. The largest absolute Gasteiger partial charge is 0.476 e. The van der Waals surface area contributed by atoms with Crippen LogP contribution >= 0.6 is 7.75 Å². The predicted octanol–water partition coefficient (Wildman–Crippen LogP) is 3.36. The molecule has 0 aliphatic rings. The van der Waals surface area contributed by atoms with Crippen molar-refractivity contribution in [1.29, 1.82) is 0 Å². The number of carboxylic acid groups (broad SMARTS) is 1. The van der Waals surface area contributed by atoms with Crippen molar-refractivity contribution in [2.75, 3.05) is 13.2 Å². The molecule has 0 heterocycles. The summed E-state index contributed by atoms with van der Waals surface area (Å²) in [5.41, 5.74) is -1.99. The first kappa shape index (κ1) is 27.7. The molecule has 2 rings (SSSR count). The van der Waals surface area contributed by atoms with E-state index in [1.54, 1.807) is 32.0 Å². The number of ether oxygens (including phenoxy) is 1. The number of rotatable bonds is 14. The number of carbonyl (C=O) groups excluding carboxylic acids is 2. The van der Waals surface area contributed by atoms with Crippen LogP contribution in [0.25, 0.3) is 0 Å². The van der Waals surface area contributed by atoms with Crippen LogP contribution in [-0.2, 0) is 23.2 Å². The van der Waals surface area contributed by atoms with E-state index >= 15 is 0 Å². The van der Waals surface area contributed by atoms with Gasteiger partial charge in [0.05, 0.1) is 19.4 Å². The van der Waals surface area contributed by atoms with Crippen molar-refractivity contribution in [2.24, 2.45) is 5.10 Å². The molecule has 0 aromatic heterocycles. The molecule has 0 radical (unpaired) electrons. The molecular weight excluding hydrogens is 477 g/mol. The second-order valence-electron chi connectivity index (χ2n) is 6.95. The summed E-state index contributed by atoms with van der Waals surface area (Å²) in [5.74, 6) is -3.20. The summed E-state index contributed by atoms with van der Waals surface area (Å²) in [4.78, 5) is 37.6. The fraction of sp³-hybridized carbons (Fsp3) is 0.304. The molecule has 0 saturated heterocycles. The highest BCUT2D eigenvalue weighted by Gasteiger charge is 2.49. The summed E-state index contributed by atoms with van der Waals surface area (Å²) < 4.78 is 28.0. The quantitative estimate of drug-likeness (QED) is 0.115. The Balaban J connectivity index is 2.20. The molecule has 2 aromatic rings. The first-order valence-electron chi connectivity index (χ1n) is 10.8. The van der Waals surface area contributed by atoms with Crippen molar-refractivity contribution in [3.05, 3.63) is 65.7 Å². The molecule has 11 nitrogen and oxygen atoms in total. The van der Waals surface area contributed by atoms with E-state index in [2.05, 4.69) is 15.6 Å². The van der Waals surface area contributed by atoms with Gasteiger partial charge in [-0.15, -0.1) is 0 Å². The molecule has 0 aliphatic carbocycles. The predicted molar refractivity (Wildman–Crippen MR) is 128 cm³/mol. The summed E-state index contributed by atoms with van der Waals surface area (Å²) in [6.07, 6.45) is 1.15. The molecule has 0 fully saturated rings. The molecule has 1 amide bonds. The van der Waals surface area contributed by atoms with Crippen molar-refractivity contribution >= 4 is 31.6 Å². The van der Waals surface area contributed by atoms with Gasteiger partial charge < -0.3 is 9.84 Å². The zero-order chi connectivity index (χ0) is 25.9. The van der Waals surface area contributed by atoms with Crippen molar-refractivity contribution < 1.29 is 37.8 Å². The highest BCUT2D eigenvalue weighted by atomic mass is 31.2. The number of nitrogens with zero attached hydrogens (tertiary/aromatic N) is 1. The highest BCUT2D eigenvalue weighted by Crippen LogP contribution is 2.43. The Labute approximate surface area is 203 Å². The summed E-state index contributed by atoms with van der Waals surface area (Å²) in [6.45, 7) is 5.13. The number of carboxylic acids is 1. The molecule has 2 aromatic carbocycles. The number of carbonyl (C=O) groups is 3. The van der Waals surface area contributed by atoms with Gasteiger partial charge in [0, 0.05) is 12.0 Å². The Morgan fingerprint density at radius 2 is 1.60 bits per heavy atom. The van der Waals surface area contributed by atoms with Gasteiger partial charge in [-0.3, -0.25) is 24.0 Å². The number of ketones is 1. The minimum Gasteiger partial charge on any atom is -0.476 e. The lowest BCUT2D eigenvalue weighted by Crippen LogP contribution is -2.64. The lowest BCUT2D eigenvalue weighted by molar-refractivity contribution is -0.164. The van der Waals surface area contributed by atoms with Crippen LogP contribution < -0.4 is 15.2 Å². The second-order valence-corrected chi connectivity index (χ2v) is 8.66. The SMILES string of the molecule is CCOP(=O)(NN=Cc1ccc(C(=O)NC(Oc2ccccc2)(C(=O)O)C(=O)CC)cc1)OCC. The van der Waals surface area contributed by atoms with Crippen molar-refractivity contribution in [2.45, 2.75) is 32.9 Å². The van der Waals surface area contributed by atoms with Crippen LogP contribution in [0.1, 0.15) is 43.1 Å². The van der Waals surface area contributed by atoms with E-state index in [1.807, 2.05) is 0 Å². The van der Waals surface area contributed by atoms with E-state index in [1.165, 1.54) is 49.5 Å². The number of amides is 1. The van der Waals surface area contributed by atoms with Gasteiger partial charge in [-0.2, -0.15) is 5.10 Å². The van der Waals surface area contributed by atoms with E-state index in [0.29, 0.717) is 5.56 Å². The van der Waals surface area contributed by atoms with Crippen LogP contribution in [0.4, 0.5) is 0 Å². The third kappa shape index (κ3) is 7.48. The van der Waals surface area contributed by atoms with E-state index in [-0.39, 0.29) is 30.9 Å². The first-order valence-corrected chi connectivity index (χ1v) is 12.4. The lowest BCUT2D eigenvalue weighted by atomic mass is 10.0. The highest BCUT2D eigenvalue weighted by molar-refractivity contribution is 7.51. The standard InChI is InChI=1S/C23H28N3O8P/c1-4-20(27)23(22(29)30,34-19-10-8-7-9-11-19)25-21(28)18-14-12-17(13-15-18)16-24-26-35(31,32-5-2)33-6-3/h7-16H,4-6H2,1-3H3,(H,25,28)(H,26,31)(H,29,30). The van der Waals surface area contributed by atoms with E-state index in [4.69, 9.17) is 13.8 Å². The average Bonchev–Trinajstić information content (AvgIpc) is 2.84. The zero-order valence-corrected chi connectivity index (χ0v) is 20.5. The van der Waals surface area contributed by atoms with Crippen molar-refractivity contribution in [3.8, 4) is 5.75 Å². The summed E-state index contributed by atoms with van der Waals surface area (Å²) >= 11 is 0. The summed E-state index contributed by atoms with van der Waals surface area (Å²) in [7, 11) is -3.57. The average molecular weight is 505 g/mol. The number of aliphatic carboxylic acids is 1. The third-order valence-electron chi connectivity index (χ3n) is 4.48. The Kier molecular flexibility index (Phi) is 10.1. The van der Waals surface area contributed by atoms with Gasteiger partial charge in [-0.25, -0.2) is 14.6 Å². The van der Waals surface area contributed by atoms with Gasteiger partial charge in [-0.1, -0.05) is 37.3 Å². The molecule has 12 heteroatoms. The minimum absolute atomic E-state index is 0.0793. The fourth-order valence-electron chi connectivity index (χ4n) is 2.84. The Morgan fingerprint density at radius 3 is 2.11 bits per heavy atom. The van der Waals surface area contributed by atoms with E-state index in [9.17, 15) is 24.1 Å². The van der Waals surface area contributed by atoms with Gasteiger partial charge in [0.1, 0.15) is 5.75 Å². The number of benzene rings is 2. The van der Waals surface area contributed by atoms with Crippen molar-refractivity contribution in [1.82, 2.24) is 10.5 Å². The summed E-state index contributed by atoms with van der Waals surface area (Å²) in [5, 5.41) is 18.3. The third-order valence-corrected chi connectivity index (χ3v) is 6.04. The van der Waals surface area contributed by atoms with E-state index < -0.39 is 31.1 Å². The Bertz CT molecular complexity index is 1080.